The summed E-state index contributed by atoms with van der Waals surface area (Å²) in [5.74, 6) is 0. The highest BCUT2D eigenvalue weighted by Gasteiger charge is 2.08. The van der Waals surface area contributed by atoms with Crippen molar-refractivity contribution < 1.29 is 5.11 Å². The predicted molar refractivity (Wildman–Crippen MR) is 79.9 cm³/mol. The summed E-state index contributed by atoms with van der Waals surface area (Å²) in [5, 5.41) is 11.1. The monoisotopic (exact) mass is 293 g/mol. The summed E-state index contributed by atoms with van der Waals surface area (Å²) in [7, 11) is 0. The van der Waals surface area contributed by atoms with Crippen LogP contribution in [0.3, 0.4) is 0 Å². The highest BCUT2D eigenvalue weighted by molar-refractivity contribution is 7.99. The van der Waals surface area contributed by atoms with Crippen molar-refractivity contribution >= 4 is 23.4 Å². The maximum atomic E-state index is 9.52. The fraction of sp³-hybridized carbons (Fsp3) is 0.267. The molecule has 0 aliphatic heterocycles. The summed E-state index contributed by atoms with van der Waals surface area (Å²) in [6, 6.07) is 9.70. The molecule has 2 rings (SSSR count). The zero-order valence-corrected chi connectivity index (χ0v) is 12.7. The lowest BCUT2D eigenvalue weighted by Crippen LogP contribution is -1.91. The first-order chi connectivity index (χ1) is 8.95. The second-order valence-corrected chi connectivity index (χ2v) is 6.06. The van der Waals surface area contributed by atoms with Gasteiger partial charge in [-0.3, -0.25) is 0 Å². The quantitative estimate of drug-likeness (QED) is 0.901. The number of rotatable bonds is 3. The van der Waals surface area contributed by atoms with Crippen LogP contribution in [0.1, 0.15) is 29.8 Å². The summed E-state index contributed by atoms with van der Waals surface area (Å²) in [6.07, 6.45) is -0.504. The lowest BCUT2D eigenvalue weighted by atomic mass is 10.1. The molecule has 0 amide bonds. The maximum absolute atomic E-state index is 9.52. The van der Waals surface area contributed by atoms with E-state index in [0.717, 1.165) is 21.2 Å². The predicted octanol–water partition coefficient (Wildman–Crippen LogP) is 4.56. The summed E-state index contributed by atoms with van der Waals surface area (Å²) in [5.41, 5.74) is 3.01. The number of halogens is 1. The van der Waals surface area contributed by atoms with E-state index in [4.69, 9.17) is 11.6 Å². The Morgan fingerprint density at radius 1 is 1.21 bits per heavy atom. The number of hydrogen-bond donors (Lipinski definition) is 1. The van der Waals surface area contributed by atoms with Crippen molar-refractivity contribution in [2.75, 3.05) is 0 Å². The van der Waals surface area contributed by atoms with Gasteiger partial charge in [-0.25, -0.2) is 4.98 Å². The number of aryl methyl sites for hydroxylation is 2. The molecule has 1 N–H and O–H groups in total. The van der Waals surface area contributed by atoms with E-state index in [-0.39, 0.29) is 0 Å². The molecule has 2 aromatic rings. The van der Waals surface area contributed by atoms with Crippen LogP contribution in [0.25, 0.3) is 0 Å². The molecule has 0 aliphatic rings. The van der Waals surface area contributed by atoms with Crippen LogP contribution in [0.5, 0.6) is 0 Å². The van der Waals surface area contributed by atoms with Gasteiger partial charge in [0, 0.05) is 10.6 Å². The lowest BCUT2D eigenvalue weighted by molar-refractivity contribution is 0.199. The minimum Gasteiger partial charge on any atom is -0.389 e. The Labute approximate surface area is 122 Å². The third-order valence-electron chi connectivity index (χ3n) is 2.73. The van der Waals surface area contributed by atoms with E-state index in [1.807, 2.05) is 31.2 Å². The SMILES string of the molecule is Cc1cc(C)nc(Sc2ccc(C(C)O)cc2Cl)c1. The molecule has 100 valence electrons. The van der Waals surface area contributed by atoms with Crippen LogP contribution in [0.4, 0.5) is 0 Å². The van der Waals surface area contributed by atoms with E-state index < -0.39 is 6.10 Å². The molecule has 0 aliphatic carbocycles. The van der Waals surface area contributed by atoms with Crippen LogP contribution in [0.2, 0.25) is 5.02 Å². The van der Waals surface area contributed by atoms with Crippen LogP contribution in [-0.4, -0.2) is 10.1 Å². The van der Waals surface area contributed by atoms with Gasteiger partial charge in [-0.1, -0.05) is 29.4 Å². The standard InChI is InChI=1S/C15H16ClNOS/c1-9-6-10(2)17-15(7-9)19-14-5-4-12(11(3)18)8-13(14)16/h4-8,11,18H,1-3H3. The summed E-state index contributed by atoms with van der Waals surface area (Å²) in [4.78, 5) is 5.43. The highest BCUT2D eigenvalue weighted by atomic mass is 35.5. The molecule has 19 heavy (non-hydrogen) atoms. The normalized spacial score (nSPS) is 12.5. The molecule has 0 bridgehead atoms. The number of pyridine rings is 1. The Balaban J connectivity index is 2.28. The van der Waals surface area contributed by atoms with Gasteiger partial charge in [0.1, 0.15) is 5.03 Å². The maximum Gasteiger partial charge on any atom is 0.101 e. The van der Waals surface area contributed by atoms with Gasteiger partial charge in [-0.15, -0.1) is 0 Å². The van der Waals surface area contributed by atoms with Crippen molar-refractivity contribution in [3.63, 3.8) is 0 Å². The van der Waals surface area contributed by atoms with E-state index >= 15 is 0 Å². The van der Waals surface area contributed by atoms with Crippen LogP contribution < -0.4 is 0 Å². The number of aliphatic hydroxyl groups is 1. The Hall–Kier alpha value is -1.03. The molecule has 0 fully saturated rings. The van der Waals surface area contributed by atoms with Crippen molar-refractivity contribution in [2.45, 2.75) is 36.8 Å². The molecule has 1 atom stereocenters. The van der Waals surface area contributed by atoms with E-state index in [1.54, 1.807) is 13.0 Å². The highest BCUT2D eigenvalue weighted by Crippen LogP contribution is 2.34. The summed E-state index contributed by atoms with van der Waals surface area (Å²) >= 11 is 7.78. The third kappa shape index (κ3) is 3.72. The molecule has 0 saturated heterocycles. The van der Waals surface area contributed by atoms with Crippen LogP contribution in [0.15, 0.2) is 40.3 Å². The molecule has 0 saturated carbocycles. The Bertz CT molecular complexity index is 578. The zero-order chi connectivity index (χ0) is 14.0. The fourth-order valence-electron chi connectivity index (χ4n) is 1.83. The lowest BCUT2D eigenvalue weighted by Gasteiger charge is -2.09. The van der Waals surface area contributed by atoms with Crippen LogP contribution in [-0.2, 0) is 0 Å². The molecule has 4 heteroatoms. The van der Waals surface area contributed by atoms with Gasteiger partial charge in [0.15, 0.2) is 0 Å². The summed E-state index contributed by atoms with van der Waals surface area (Å²) in [6.45, 7) is 5.76. The number of aromatic nitrogens is 1. The first kappa shape index (κ1) is 14.4. The third-order valence-corrected chi connectivity index (χ3v) is 4.15. The fourth-order valence-corrected chi connectivity index (χ4v) is 3.09. The van der Waals surface area contributed by atoms with E-state index in [0.29, 0.717) is 5.02 Å². The van der Waals surface area contributed by atoms with Crippen LogP contribution in [0, 0.1) is 13.8 Å². The molecular formula is C15H16ClNOS. The molecule has 1 aromatic carbocycles. The van der Waals surface area contributed by atoms with Gasteiger partial charge in [-0.05, 0) is 56.2 Å². The average Bonchev–Trinajstić information content (AvgIpc) is 2.30. The van der Waals surface area contributed by atoms with Crippen molar-refractivity contribution in [2.24, 2.45) is 0 Å². The molecule has 1 aromatic heterocycles. The summed E-state index contributed by atoms with van der Waals surface area (Å²) < 4.78 is 0. The van der Waals surface area contributed by atoms with Crippen molar-refractivity contribution in [3.8, 4) is 0 Å². The minimum atomic E-state index is -0.504. The molecule has 2 nitrogen and oxygen atoms in total. The Morgan fingerprint density at radius 3 is 2.53 bits per heavy atom. The van der Waals surface area contributed by atoms with Crippen molar-refractivity contribution in [3.05, 3.63) is 52.2 Å². The molecule has 0 spiro atoms. The average molecular weight is 294 g/mol. The van der Waals surface area contributed by atoms with Crippen LogP contribution >= 0.6 is 23.4 Å². The second-order valence-electron chi connectivity index (χ2n) is 4.59. The van der Waals surface area contributed by atoms with Gasteiger partial charge in [0.25, 0.3) is 0 Å². The topological polar surface area (TPSA) is 33.1 Å². The van der Waals surface area contributed by atoms with E-state index in [2.05, 4.69) is 11.9 Å². The van der Waals surface area contributed by atoms with Gasteiger partial charge in [0.2, 0.25) is 0 Å². The van der Waals surface area contributed by atoms with E-state index in [1.165, 1.54) is 17.3 Å². The van der Waals surface area contributed by atoms with Gasteiger partial charge < -0.3 is 5.11 Å². The van der Waals surface area contributed by atoms with E-state index in [9.17, 15) is 5.11 Å². The number of aliphatic hydroxyl groups excluding tert-OH is 1. The number of benzene rings is 1. The number of nitrogens with zero attached hydrogens (tertiary/aromatic N) is 1. The molecular weight excluding hydrogens is 278 g/mol. The minimum absolute atomic E-state index is 0.504. The zero-order valence-electron chi connectivity index (χ0n) is 11.1. The number of hydrogen-bond acceptors (Lipinski definition) is 3. The molecule has 1 unspecified atom stereocenters. The smallest absolute Gasteiger partial charge is 0.101 e. The second kappa shape index (κ2) is 5.95. The Morgan fingerprint density at radius 2 is 1.95 bits per heavy atom. The largest absolute Gasteiger partial charge is 0.389 e. The molecule has 0 radical (unpaired) electrons. The van der Waals surface area contributed by atoms with Gasteiger partial charge >= 0.3 is 0 Å². The molecule has 1 heterocycles. The first-order valence-electron chi connectivity index (χ1n) is 6.06. The van der Waals surface area contributed by atoms with Crippen molar-refractivity contribution in [1.29, 1.82) is 0 Å². The van der Waals surface area contributed by atoms with Gasteiger partial charge in [0.05, 0.1) is 11.1 Å². The van der Waals surface area contributed by atoms with Gasteiger partial charge in [-0.2, -0.15) is 0 Å². The first-order valence-corrected chi connectivity index (χ1v) is 7.26. The van der Waals surface area contributed by atoms with Crippen molar-refractivity contribution in [1.82, 2.24) is 4.98 Å². The Kier molecular flexibility index (Phi) is 4.50.